The third kappa shape index (κ3) is 3.37. The van der Waals surface area contributed by atoms with Gasteiger partial charge in [0.2, 0.25) is 5.91 Å². The van der Waals surface area contributed by atoms with Crippen molar-refractivity contribution in [1.82, 2.24) is 9.38 Å². The van der Waals surface area contributed by atoms with Crippen LogP contribution in [0.5, 0.6) is 5.75 Å². The van der Waals surface area contributed by atoms with Crippen LogP contribution in [0.2, 0.25) is 10.2 Å². The van der Waals surface area contributed by atoms with Gasteiger partial charge >= 0.3 is 0 Å². The Balaban J connectivity index is 1.78. The monoisotopic (exact) mass is 361 g/mol. The summed E-state index contributed by atoms with van der Waals surface area (Å²) in [4.78, 5) is 16.3. The highest BCUT2D eigenvalue weighted by Crippen LogP contribution is 2.27. The molecule has 0 radical (unpaired) electrons. The molecule has 3 rings (SSSR count). The summed E-state index contributed by atoms with van der Waals surface area (Å²) < 4.78 is 6.87. The Morgan fingerprint density at radius 3 is 2.88 bits per heavy atom. The first kappa shape index (κ1) is 16.4. The largest absolute Gasteiger partial charge is 0.495 e. The number of carbonyl (C=O) groups is 1. The lowest BCUT2D eigenvalue weighted by Crippen LogP contribution is -2.07. The Morgan fingerprint density at radius 1 is 1.29 bits per heavy atom. The summed E-state index contributed by atoms with van der Waals surface area (Å²) in [6.45, 7) is 0. The number of benzene rings is 1. The molecule has 0 atom stereocenters. The van der Waals surface area contributed by atoms with Gasteiger partial charge in [0.05, 0.1) is 17.8 Å². The summed E-state index contributed by atoms with van der Waals surface area (Å²) in [5.74, 6) is 0.237. The van der Waals surface area contributed by atoms with Gasteiger partial charge in [0, 0.05) is 18.0 Å². The van der Waals surface area contributed by atoms with Crippen molar-refractivity contribution < 1.29 is 9.53 Å². The van der Waals surface area contributed by atoms with E-state index in [2.05, 4.69) is 10.3 Å². The lowest BCUT2D eigenvalue weighted by Gasteiger charge is -2.06. The van der Waals surface area contributed by atoms with Gasteiger partial charge in [-0.3, -0.25) is 9.20 Å². The van der Waals surface area contributed by atoms with Gasteiger partial charge < -0.3 is 10.1 Å². The van der Waals surface area contributed by atoms with Crippen LogP contribution in [0.25, 0.3) is 11.7 Å². The first-order chi connectivity index (χ1) is 11.6. The highest BCUT2D eigenvalue weighted by molar-refractivity contribution is 6.32. The first-order valence-corrected chi connectivity index (χ1v) is 7.79. The topological polar surface area (TPSA) is 55.6 Å². The first-order valence-electron chi connectivity index (χ1n) is 7.03. The second-order valence-corrected chi connectivity index (χ2v) is 5.65. The Labute approximate surface area is 148 Å². The lowest BCUT2D eigenvalue weighted by molar-refractivity contribution is -0.111. The number of aromatic nitrogens is 2. The van der Waals surface area contributed by atoms with Crippen molar-refractivity contribution in [2.75, 3.05) is 12.4 Å². The molecule has 2 aromatic heterocycles. The van der Waals surface area contributed by atoms with Crippen molar-refractivity contribution in [2.24, 2.45) is 0 Å². The molecule has 0 saturated heterocycles. The zero-order valence-corrected chi connectivity index (χ0v) is 14.2. The van der Waals surface area contributed by atoms with E-state index >= 15 is 0 Å². The molecule has 1 aromatic carbocycles. The van der Waals surface area contributed by atoms with Crippen molar-refractivity contribution in [3.8, 4) is 5.75 Å². The van der Waals surface area contributed by atoms with Gasteiger partial charge in [-0.15, -0.1) is 0 Å². The number of hydrogen-bond acceptors (Lipinski definition) is 3. The van der Waals surface area contributed by atoms with Crippen molar-refractivity contribution in [3.05, 3.63) is 64.5 Å². The minimum absolute atomic E-state index is 0.307. The Hall–Kier alpha value is -2.50. The number of imidazole rings is 1. The van der Waals surface area contributed by atoms with Crippen LogP contribution in [0.4, 0.5) is 5.69 Å². The number of hydrogen-bond donors (Lipinski definition) is 1. The Kier molecular flexibility index (Phi) is 4.74. The van der Waals surface area contributed by atoms with E-state index in [4.69, 9.17) is 27.9 Å². The van der Waals surface area contributed by atoms with Crippen LogP contribution in [0.15, 0.2) is 48.7 Å². The number of nitrogens with zero attached hydrogens (tertiary/aromatic N) is 2. The molecular formula is C17H13Cl2N3O2. The summed E-state index contributed by atoms with van der Waals surface area (Å²) in [5, 5.41) is 3.48. The Morgan fingerprint density at radius 2 is 2.12 bits per heavy atom. The molecule has 0 aliphatic heterocycles. The van der Waals surface area contributed by atoms with Gasteiger partial charge in [0.15, 0.2) is 5.15 Å². The normalized spacial score (nSPS) is 11.1. The van der Waals surface area contributed by atoms with Crippen LogP contribution in [0.3, 0.4) is 0 Å². The van der Waals surface area contributed by atoms with Crippen LogP contribution < -0.4 is 10.1 Å². The molecule has 0 unspecified atom stereocenters. The fourth-order valence-electron chi connectivity index (χ4n) is 2.22. The number of fused-ring (bicyclic) bond motifs is 1. The van der Waals surface area contributed by atoms with E-state index in [1.165, 1.54) is 13.2 Å². The second-order valence-electron chi connectivity index (χ2n) is 4.89. The van der Waals surface area contributed by atoms with Gasteiger partial charge in [0.1, 0.15) is 11.4 Å². The van der Waals surface area contributed by atoms with Crippen LogP contribution in [-0.2, 0) is 4.79 Å². The summed E-state index contributed by atoms with van der Waals surface area (Å²) in [7, 11) is 1.53. The average molecular weight is 362 g/mol. The second kappa shape index (κ2) is 6.95. The third-order valence-electron chi connectivity index (χ3n) is 3.33. The van der Waals surface area contributed by atoms with Gasteiger partial charge in [-0.1, -0.05) is 29.3 Å². The van der Waals surface area contributed by atoms with E-state index in [0.29, 0.717) is 33.0 Å². The van der Waals surface area contributed by atoms with Crippen LogP contribution >= 0.6 is 23.2 Å². The van der Waals surface area contributed by atoms with Crippen LogP contribution in [0, 0.1) is 0 Å². The molecule has 0 aliphatic rings. The van der Waals surface area contributed by atoms with Gasteiger partial charge in [-0.25, -0.2) is 4.98 Å². The molecule has 2 heterocycles. The highest BCUT2D eigenvalue weighted by Gasteiger charge is 2.08. The van der Waals surface area contributed by atoms with E-state index in [-0.39, 0.29) is 5.91 Å². The fourth-order valence-corrected chi connectivity index (χ4v) is 2.72. The van der Waals surface area contributed by atoms with Gasteiger partial charge in [-0.2, -0.15) is 0 Å². The maximum atomic E-state index is 12.1. The van der Waals surface area contributed by atoms with E-state index in [0.717, 1.165) is 0 Å². The number of nitrogens with one attached hydrogen (secondary N) is 1. The molecule has 122 valence electrons. The number of carbonyl (C=O) groups excluding carboxylic acids is 1. The predicted molar refractivity (Wildman–Crippen MR) is 95.9 cm³/mol. The minimum Gasteiger partial charge on any atom is -0.495 e. The van der Waals surface area contributed by atoms with Gasteiger partial charge in [0.25, 0.3) is 0 Å². The number of halogens is 2. The number of methoxy groups -OCH3 is 1. The molecule has 1 amide bonds. The number of rotatable bonds is 4. The molecule has 3 aromatic rings. The molecule has 0 saturated carbocycles. The Bertz CT molecular complexity index is 935. The van der Waals surface area contributed by atoms with E-state index in [1.54, 1.807) is 28.7 Å². The molecule has 1 N–H and O–H groups in total. The average Bonchev–Trinajstić information content (AvgIpc) is 2.88. The van der Waals surface area contributed by atoms with Crippen molar-refractivity contribution in [2.45, 2.75) is 0 Å². The third-order valence-corrected chi connectivity index (χ3v) is 3.91. The van der Waals surface area contributed by atoms with Crippen LogP contribution in [-0.4, -0.2) is 22.4 Å². The zero-order chi connectivity index (χ0) is 17.1. The molecule has 0 aliphatic carbocycles. The zero-order valence-electron chi connectivity index (χ0n) is 12.7. The standard InChI is InChI=1S/C17H13Cl2N3O2/c1-24-14-7-5-11(10-12(14)18)20-16(23)8-6-13-17(19)21-15-4-2-3-9-22(13)15/h2-10H,1H3,(H,20,23)/b8-6+. The number of ether oxygens (including phenoxy) is 1. The summed E-state index contributed by atoms with van der Waals surface area (Å²) in [6.07, 6.45) is 4.83. The van der Waals surface area contributed by atoms with E-state index in [1.807, 2.05) is 24.4 Å². The maximum Gasteiger partial charge on any atom is 0.248 e. The minimum atomic E-state index is -0.307. The smallest absolute Gasteiger partial charge is 0.248 e. The SMILES string of the molecule is COc1ccc(NC(=O)/C=C/c2c(Cl)nc3ccccn23)cc1Cl. The molecule has 24 heavy (non-hydrogen) atoms. The molecular weight excluding hydrogens is 349 g/mol. The number of anilines is 1. The maximum absolute atomic E-state index is 12.1. The number of pyridine rings is 1. The highest BCUT2D eigenvalue weighted by atomic mass is 35.5. The van der Waals surface area contributed by atoms with Crippen molar-refractivity contribution >= 4 is 46.5 Å². The molecule has 7 heteroatoms. The quantitative estimate of drug-likeness (QED) is 0.704. The molecule has 0 bridgehead atoms. The molecule has 5 nitrogen and oxygen atoms in total. The van der Waals surface area contributed by atoms with Crippen LogP contribution in [0.1, 0.15) is 5.69 Å². The van der Waals surface area contributed by atoms with E-state index < -0.39 is 0 Å². The van der Waals surface area contributed by atoms with Crippen molar-refractivity contribution in [3.63, 3.8) is 0 Å². The summed E-state index contributed by atoms with van der Waals surface area (Å²) >= 11 is 12.2. The van der Waals surface area contributed by atoms with E-state index in [9.17, 15) is 4.79 Å². The van der Waals surface area contributed by atoms with Gasteiger partial charge in [-0.05, 0) is 36.4 Å². The lowest BCUT2D eigenvalue weighted by atomic mass is 10.3. The number of amides is 1. The fraction of sp³-hybridized carbons (Fsp3) is 0.0588. The molecule has 0 spiro atoms. The van der Waals surface area contributed by atoms with Crippen molar-refractivity contribution in [1.29, 1.82) is 0 Å². The molecule has 0 fully saturated rings. The summed E-state index contributed by atoms with van der Waals surface area (Å²) in [5.41, 5.74) is 1.92. The predicted octanol–water partition coefficient (Wildman–Crippen LogP) is 4.30. The summed E-state index contributed by atoms with van der Waals surface area (Å²) in [6, 6.07) is 10.6.